The Balaban J connectivity index is 1.74. The quantitative estimate of drug-likeness (QED) is 0.771. The Morgan fingerprint density at radius 1 is 1.00 bits per heavy atom. The Hall–Kier alpha value is -2.69. The molecule has 0 fully saturated rings. The van der Waals surface area contributed by atoms with E-state index in [2.05, 4.69) is 0 Å². The first-order valence-corrected chi connectivity index (χ1v) is 7.82. The minimum absolute atomic E-state index is 0.0447. The van der Waals surface area contributed by atoms with Crippen LogP contribution in [0.5, 0.6) is 0 Å². The zero-order valence-corrected chi connectivity index (χ0v) is 12.9. The van der Waals surface area contributed by atoms with Gasteiger partial charge in [-0.15, -0.1) is 0 Å². The molecule has 1 aliphatic rings. The van der Waals surface area contributed by atoms with Crippen LogP contribution in [0.15, 0.2) is 59.0 Å². The molecule has 0 spiro atoms. The van der Waals surface area contributed by atoms with Crippen molar-refractivity contribution in [2.75, 3.05) is 0 Å². The molecule has 0 bridgehead atoms. The third-order valence-electron chi connectivity index (χ3n) is 4.44. The molecule has 0 aliphatic heterocycles. The van der Waals surface area contributed by atoms with E-state index in [9.17, 15) is 15.0 Å². The van der Waals surface area contributed by atoms with Crippen LogP contribution in [0.2, 0.25) is 0 Å². The van der Waals surface area contributed by atoms with Gasteiger partial charge in [-0.25, -0.2) is 0 Å². The highest BCUT2D eigenvalue weighted by Crippen LogP contribution is 2.36. The lowest BCUT2D eigenvalue weighted by molar-refractivity contribution is 0.0930. The molecule has 0 saturated heterocycles. The van der Waals surface area contributed by atoms with Gasteiger partial charge in [0, 0.05) is 23.1 Å². The molecule has 24 heavy (non-hydrogen) atoms. The fraction of sp³-hybridized carbons (Fsp3) is 0.150. The van der Waals surface area contributed by atoms with Gasteiger partial charge in [-0.05, 0) is 29.3 Å². The van der Waals surface area contributed by atoms with Crippen LogP contribution in [-0.2, 0) is 6.61 Å². The van der Waals surface area contributed by atoms with Crippen LogP contribution in [0.25, 0.3) is 22.6 Å². The first-order valence-electron chi connectivity index (χ1n) is 7.82. The number of furan rings is 1. The second kappa shape index (κ2) is 5.74. The maximum absolute atomic E-state index is 12.0. The highest BCUT2D eigenvalue weighted by molar-refractivity contribution is 6.02. The molecule has 4 nitrogen and oxygen atoms in total. The number of benzene rings is 2. The molecule has 3 aromatic rings. The molecular weight excluding hydrogens is 304 g/mol. The average molecular weight is 320 g/mol. The van der Waals surface area contributed by atoms with Crippen LogP contribution in [-0.4, -0.2) is 16.0 Å². The molecule has 1 heterocycles. The van der Waals surface area contributed by atoms with E-state index in [0.717, 1.165) is 16.7 Å². The van der Waals surface area contributed by atoms with E-state index in [-0.39, 0.29) is 18.8 Å². The molecule has 1 unspecified atom stereocenters. The van der Waals surface area contributed by atoms with Gasteiger partial charge in [0.15, 0.2) is 5.78 Å². The number of fused-ring (bicyclic) bond motifs is 1. The summed E-state index contributed by atoms with van der Waals surface area (Å²) in [6.07, 6.45) is -0.559. The minimum Gasteiger partial charge on any atom is -0.456 e. The van der Waals surface area contributed by atoms with Crippen molar-refractivity contribution in [1.82, 2.24) is 0 Å². The van der Waals surface area contributed by atoms with Crippen molar-refractivity contribution in [3.05, 3.63) is 71.3 Å². The number of aliphatic hydroxyl groups is 2. The van der Waals surface area contributed by atoms with Crippen molar-refractivity contribution in [1.29, 1.82) is 0 Å². The predicted octanol–water partition coefficient (Wildman–Crippen LogP) is 3.73. The number of hydrogen-bond acceptors (Lipinski definition) is 4. The lowest BCUT2D eigenvalue weighted by Gasteiger charge is -2.05. The molecule has 4 rings (SSSR count). The molecule has 1 atom stereocenters. The normalized spacial score (nSPS) is 16.4. The summed E-state index contributed by atoms with van der Waals surface area (Å²) < 4.78 is 5.94. The lowest BCUT2D eigenvalue weighted by Crippen LogP contribution is -1.91. The van der Waals surface area contributed by atoms with E-state index in [1.165, 1.54) is 0 Å². The van der Waals surface area contributed by atoms with Crippen molar-refractivity contribution >= 4 is 5.78 Å². The second-order valence-electron chi connectivity index (χ2n) is 5.92. The first-order chi connectivity index (χ1) is 11.7. The number of carbonyl (C=O) groups is 1. The fourth-order valence-corrected chi connectivity index (χ4v) is 3.17. The van der Waals surface area contributed by atoms with E-state index >= 15 is 0 Å². The lowest BCUT2D eigenvalue weighted by atomic mass is 10.0. The molecule has 0 amide bonds. The summed E-state index contributed by atoms with van der Waals surface area (Å²) in [5, 5.41) is 19.3. The molecule has 1 aliphatic carbocycles. The van der Waals surface area contributed by atoms with Gasteiger partial charge < -0.3 is 14.6 Å². The minimum atomic E-state index is -0.704. The third-order valence-corrected chi connectivity index (χ3v) is 4.44. The standard InChI is InChI=1S/C20H16O4/c21-11-13-3-1-2-4-14(13)20-8-7-19(24-20)12-5-6-15-16(9-12)18(23)10-17(15)22/h1-9,17,21-22H,10-11H2. The van der Waals surface area contributed by atoms with E-state index in [1.54, 1.807) is 12.1 Å². The Morgan fingerprint density at radius 2 is 1.79 bits per heavy atom. The van der Waals surface area contributed by atoms with Crippen LogP contribution >= 0.6 is 0 Å². The van der Waals surface area contributed by atoms with Gasteiger partial charge in [-0.1, -0.05) is 36.4 Å². The summed E-state index contributed by atoms with van der Waals surface area (Å²) in [5.41, 5.74) is 3.68. The molecule has 4 heteroatoms. The second-order valence-corrected chi connectivity index (χ2v) is 5.92. The van der Waals surface area contributed by atoms with Gasteiger partial charge >= 0.3 is 0 Å². The zero-order valence-electron chi connectivity index (χ0n) is 12.9. The van der Waals surface area contributed by atoms with Crippen molar-refractivity contribution in [2.24, 2.45) is 0 Å². The molecule has 0 radical (unpaired) electrons. The SMILES string of the molecule is O=C1CC(O)c2ccc(-c3ccc(-c4ccccc4CO)o3)cc21. The Kier molecular flexibility index (Phi) is 3.56. The Morgan fingerprint density at radius 3 is 2.62 bits per heavy atom. The van der Waals surface area contributed by atoms with Crippen molar-refractivity contribution in [3.63, 3.8) is 0 Å². The van der Waals surface area contributed by atoms with Crippen molar-refractivity contribution in [2.45, 2.75) is 19.1 Å². The molecule has 0 saturated carbocycles. The average Bonchev–Trinajstić information content (AvgIpc) is 3.20. The first kappa shape index (κ1) is 14.9. The summed E-state index contributed by atoms with van der Waals surface area (Å²) in [6.45, 7) is -0.0581. The number of aliphatic hydroxyl groups excluding tert-OH is 2. The fourth-order valence-electron chi connectivity index (χ4n) is 3.17. The van der Waals surface area contributed by atoms with Gasteiger partial charge in [0.25, 0.3) is 0 Å². The monoisotopic (exact) mass is 320 g/mol. The summed E-state index contributed by atoms with van der Waals surface area (Å²) in [5.74, 6) is 1.27. The van der Waals surface area contributed by atoms with Gasteiger partial charge in [-0.3, -0.25) is 4.79 Å². The van der Waals surface area contributed by atoms with E-state index in [4.69, 9.17) is 4.42 Å². The van der Waals surface area contributed by atoms with E-state index in [1.807, 2.05) is 42.5 Å². The number of Topliss-reactive ketones (excluding diaryl/α,β-unsaturated/α-hetero) is 1. The van der Waals surface area contributed by atoms with Crippen LogP contribution in [0.1, 0.15) is 34.0 Å². The van der Waals surface area contributed by atoms with Gasteiger partial charge in [0.2, 0.25) is 0 Å². The maximum atomic E-state index is 12.0. The summed E-state index contributed by atoms with van der Waals surface area (Å²) in [4.78, 5) is 12.0. The van der Waals surface area contributed by atoms with E-state index < -0.39 is 6.10 Å². The number of ketones is 1. The Labute approximate surface area is 139 Å². The molecular formula is C20H16O4. The Bertz CT molecular complexity index is 923. The molecule has 120 valence electrons. The van der Waals surface area contributed by atoms with Crippen LogP contribution in [0, 0.1) is 0 Å². The highest BCUT2D eigenvalue weighted by Gasteiger charge is 2.28. The number of carbonyl (C=O) groups excluding carboxylic acids is 1. The topological polar surface area (TPSA) is 70.7 Å². The van der Waals surface area contributed by atoms with Gasteiger partial charge in [0.05, 0.1) is 12.7 Å². The van der Waals surface area contributed by atoms with Gasteiger partial charge in [-0.2, -0.15) is 0 Å². The van der Waals surface area contributed by atoms with E-state index in [0.29, 0.717) is 22.6 Å². The van der Waals surface area contributed by atoms with Gasteiger partial charge in [0.1, 0.15) is 11.5 Å². The maximum Gasteiger partial charge on any atom is 0.166 e. The largest absolute Gasteiger partial charge is 0.456 e. The van der Waals surface area contributed by atoms with Crippen LogP contribution in [0.4, 0.5) is 0 Å². The molecule has 2 N–H and O–H groups in total. The zero-order chi connectivity index (χ0) is 16.7. The van der Waals surface area contributed by atoms with Crippen molar-refractivity contribution in [3.8, 4) is 22.6 Å². The molecule has 1 aromatic heterocycles. The smallest absolute Gasteiger partial charge is 0.166 e. The summed E-state index contributed by atoms with van der Waals surface area (Å²) in [7, 11) is 0. The van der Waals surface area contributed by atoms with Crippen molar-refractivity contribution < 1.29 is 19.4 Å². The van der Waals surface area contributed by atoms with Crippen LogP contribution in [0.3, 0.4) is 0 Å². The number of hydrogen-bond donors (Lipinski definition) is 2. The number of rotatable bonds is 3. The third kappa shape index (κ3) is 2.37. The van der Waals surface area contributed by atoms with Crippen LogP contribution < -0.4 is 0 Å². The predicted molar refractivity (Wildman–Crippen MR) is 89.4 cm³/mol. The summed E-state index contributed by atoms with van der Waals surface area (Å²) >= 11 is 0. The summed E-state index contributed by atoms with van der Waals surface area (Å²) in [6, 6.07) is 16.6. The molecule has 2 aromatic carbocycles. The highest BCUT2D eigenvalue weighted by atomic mass is 16.3.